The van der Waals surface area contributed by atoms with Crippen molar-refractivity contribution < 1.29 is 18.8 Å². The number of nitrogens with zero attached hydrogens (tertiary/aromatic N) is 2. The van der Waals surface area contributed by atoms with Gasteiger partial charge in [-0.2, -0.15) is 0 Å². The topological polar surface area (TPSA) is 79.4 Å². The highest BCUT2D eigenvalue weighted by atomic mass is 19.1. The minimum Gasteiger partial charge on any atom is -0.322 e. The Balaban J connectivity index is 1.52. The van der Waals surface area contributed by atoms with Crippen molar-refractivity contribution in [3.05, 3.63) is 71.2 Å². The highest BCUT2D eigenvalue weighted by Gasteiger charge is 2.28. The van der Waals surface area contributed by atoms with Gasteiger partial charge >= 0.3 is 0 Å². The number of nitrogens with one attached hydrogen (secondary N) is 1. The maximum absolute atomic E-state index is 13.5. The minimum atomic E-state index is -0.410. The van der Waals surface area contributed by atoms with Crippen LogP contribution in [0.4, 0.5) is 10.1 Å². The van der Waals surface area contributed by atoms with Crippen molar-refractivity contribution >= 4 is 34.3 Å². The van der Waals surface area contributed by atoms with Gasteiger partial charge in [0.1, 0.15) is 5.82 Å². The Hall–Kier alpha value is -3.61. The predicted octanol–water partition coefficient (Wildman–Crippen LogP) is 3.58. The molecule has 6 nitrogen and oxygen atoms in total. The van der Waals surface area contributed by atoms with Crippen LogP contribution in [-0.2, 0) is 16.1 Å². The molecule has 3 amide bonds. The summed E-state index contributed by atoms with van der Waals surface area (Å²) < 4.78 is 13.5. The summed E-state index contributed by atoms with van der Waals surface area (Å²) in [7, 11) is 0. The van der Waals surface area contributed by atoms with Crippen LogP contribution < -0.4 is 5.32 Å². The first-order valence-electron chi connectivity index (χ1n) is 9.21. The number of carbonyl (C=O) groups is 3. The molecule has 0 radical (unpaired) electrons. The number of benzene rings is 2. The molecular formula is C22H18FN3O3. The highest BCUT2D eigenvalue weighted by Crippen LogP contribution is 2.22. The van der Waals surface area contributed by atoms with Crippen LogP contribution >= 0.6 is 0 Å². The van der Waals surface area contributed by atoms with E-state index in [1.165, 1.54) is 17.0 Å². The molecule has 0 spiro atoms. The molecule has 0 aliphatic carbocycles. The summed E-state index contributed by atoms with van der Waals surface area (Å²) in [5, 5.41) is 3.39. The van der Waals surface area contributed by atoms with Crippen LogP contribution in [0.15, 0.2) is 48.5 Å². The minimum absolute atomic E-state index is 0.163. The zero-order chi connectivity index (χ0) is 20.5. The Morgan fingerprint density at radius 2 is 1.76 bits per heavy atom. The van der Waals surface area contributed by atoms with Crippen molar-refractivity contribution in [1.82, 2.24) is 9.88 Å². The molecule has 1 saturated heterocycles. The first kappa shape index (κ1) is 18.7. The van der Waals surface area contributed by atoms with E-state index in [4.69, 9.17) is 0 Å². The van der Waals surface area contributed by atoms with Gasteiger partial charge in [-0.1, -0.05) is 12.1 Å². The second-order valence-corrected chi connectivity index (χ2v) is 7.00. The molecule has 4 rings (SSSR count). The van der Waals surface area contributed by atoms with Crippen LogP contribution in [-0.4, -0.2) is 27.6 Å². The van der Waals surface area contributed by atoms with Gasteiger partial charge in [-0.25, -0.2) is 4.39 Å². The maximum Gasteiger partial charge on any atom is 0.256 e. The van der Waals surface area contributed by atoms with Gasteiger partial charge in [0.2, 0.25) is 11.8 Å². The molecule has 2 aromatic carbocycles. The van der Waals surface area contributed by atoms with Gasteiger partial charge < -0.3 is 5.32 Å². The molecule has 1 aromatic heterocycles. The SMILES string of the molecule is Cc1cc(C(=O)Nc2ccc(CN3C(=O)CCC3=O)cc2)c2ccc(F)cc2n1. The van der Waals surface area contributed by atoms with Crippen molar-refractivity contribution in [1.29, 1.82) is 0 Å². The lowest BCUT2D eigenvalue weighted by molar-refractivity contribution is -0.139. The Morgan fingerprint density at radius 1 is 1.07 bits per heavy atom. The van der Waals surface area contributed by atoms with Crippen molar-refractivity contribution in [3.8, 4) is 0 Å². The maximum atomic E-state index is 13.5. The molecule has 1 N–H and O–H groups in total. The quantitative estimate of drug-likeness (QED) is 0.690. The Labute approximate surface area is 166 Å². The van der Waals surface area contributed by atoms with E-state index >= 15 is 0 Å². The molecule has 2 heterocycles. The van der Waals surface area contributed by atoms with Gasteiger partial charge in [0.25, 0.3) is 5.91 Å². The highest BCUT2D eigenvalue weighted by molar-refractivity contribution is 6.12. The third-order valence-corrected chi connectivity index (χ3v) is 4.85. The van der Waals surface area contributed by atoms with Gasteiger partial charge in [0.05, 0.1) is 17.6 Å². The van der Waals surface area contributed by atoms with E-state index in [1.54, 1.807) is 43.3 Å². The molecule has 146 valence electrons. The lowest BCUT2D eigenvalue weighted by Crippen LogP contribution is -2.28. The lowest BCUT2D eigenvalue weighted by atomic mass is 10.1. The zero-order valence-electron chi connectivity index (χ0n) is 15.7. The number of imide groups is 1. The summed E-state index contributed by atoms with van der Waals surface area (Å²) in [5.74, 6) is -1.07. The number of amides is 3. The monoisotopic (exact) mass is 391 g/mol. The van der Waals surface area contributed by atoms with E-state index in [-0.39, 0.29) is 37.1 Å². The summed E-state index contributed by atoms with van der Waals surface area (Å²) in [6.07, 6.45) is 0.520. The molecular weight excluding hydrogens is 373 g/mol. The fourth-order valence-electron chi connectivity index (χ4n) is 3.40. The third kappa shape index (κ3) is 3.85. The Kier molecular flexibility index (Phi) is 4.80. The summed E-state index contributed by atoms with van der Waals surface area (Å²) in [5.41, 5.74) is 2.81. The largest absolute Gasteiger partial charge is 0.322 e. The van der Waals surface area contributed by atoms with E-state index in [9.17, 15) is 18.8 Å². The molecule has 0 atom stereocenters. The van der Waals surface area contributed by atoms with E-state index < -0.39 is 5.82 Å². The van der Waals surface area contributed by atoms with Crippen molar-refractivity contribution in [2.45, 2.75) is 26.3 Å². The van der Waals surface area contributed by atoms with Crippen LogP contribution in [0, 0.1) is 12.7 Å². The van der Waals surface area contributed by atoms with Crippen LogP contribution in [0.3, 0.4) is 0 Å². The normalized spacial score (nSPS) is 13.9. The van der Waals surface area contributed by atoms with Crippen LogP contribution in [0.2, 0.25) is 0 Å². The number of aromatic nitrogens is 1. The number of fused-ring (bicyclic) bond motifs is 1. The van der Waals surface area contributed by atoms with E-state index in [1.807, 2.05) is 0 Å². The average Bonchev–Trinajstić information content (AvgIpc) is 3.00. The van der Waals surface area contributed by atoms with Crippen LogP contribution in [0.25, 0.3) is 10.9 Å². The van der Waals surface area contributed by atoms with E-state index in [0.717, 1.165) is 5.56 Å². The second kappa shape index (κ2) is 7.43. The summed E-state index contributed by atoms with van der Waals surface area (Å²) in [6, 6.07) is 12.8. The van der Waals surface area contributed by atoms with Gasteiger partial charge in [-0.15, -0.1) is 0 Å². The standard InChI is InChI=1S/C22H18FN3O3/c1-13-10-18(17-7-4-15(23)11-19(17)24-13)22(29)25-16-5-2-14(3-6-16)12-26-20(27)8-9-21(26)28/h2-7,10-11H,8-9,12H2,1H3,(H,25,29). The average molecular weight is 391 g/mol. The molecule has 0 saturated carbocycles. The molecule has 1 aliphatic rings. The van der Waals surface area contributed by atoms with Crippen molar-refractivity contribution in [2.75, 3.05) is 5.32 Å². The number of rotatable bonds is 4. The number of likely N-dealkylation sites (tertiary alicyclic amines) is 1. The van der Waals surface area contributed by atoms with Gasteiger partial charge in [0.15, 0.2) is 0 Å². The number of hydrogen-bond acceptors (Lipinski definition) is 4. The van der Waals surface area contributed by atoms with E-state index in [2.05, 4.69) is 10.3 Å². The summed E-state index contributed by atoms with van der Waals surface area (Å²) in [4.78, 5) is 41.8. The van der Waals surface area contributed by atoms with Crippen molar-refractivity contribution in [2.24, 2.45) is 0 Å². The van der Waals surface area contributed by atoms with E-state index in [0.29, 0.717) is 27.8 Å². The van der Waals surface area contributed by atoms with Crippen molar-refractivity contribution in [3.63, 3.8) is 0 Å². The summed E-state index contributed by atoms with van der Waals surface area (Å²) in [6.45, 7) is 1.97. The molecule has 29 heavy (non-hydrogen) atoms. The summed E-state index contributed by atoms with van der Waals surface area (Å²) >= 11 is 0. The number of pyridine rings is 1. The molecule has 3 aromatic rings. The molecule has 0 unspecified atom stereocenters. The number of aryl methyl sites for hydroxylation is 1. The number of carbonyl (C=O) groups excluding carboxylic acids is 3. The third-order valence-electron chi connectivity index (χ3n) is 4.85. The van der Waals surface area contributed by atoms with Gasteiger partial charge in [-0.05, 0) is 42.8 Å². The number of hydrogen-bond donors (Lipinski definition) is 1. The van der Waals surface area contributed by atoms with Crippen LogP contribution in [0.5, 0.6) is 0 Å². The fourth-order valence-corrected chi connectivity index (χ4v) is 3.40. The molecule has 0 bridgehead atoms. The zero-order valence-corrected chi connectivity index (χ0v) is 15.7. The lowest BCUT2D eigenvalue weighted by Gasteiger charge is -2.14. The smallest absolute Gasteiger partial charge is 0.256 e. The van der Waals surface area contributed by atoms with Gasteiger partial charge in [0, 0.05) is 35.7 Å². The first-order valence-corrected chi connectivity index (χ1v) is 9.21. The second-order valence-electron chi connectivity index (χ2n) is 7.00. The van der Waals surface area contributed by atoms with Crippen LogP contribution in [0.1, 0.15) is 34.5 Å². The molecule has 1 fully saturated rings. The Bertz CT molecular complexity index is 1120. The molecule has 7 heteroatoms. The Morgan fingerprint density at radius 3 is 2.45 bits per heavy atom. The fraction of sp³-hybridized carbons (Fsp3) is 0.182. The molecule has 1 aliphatic heterocycles. The first-order chi connectivity index (χ1) is 13.9. The van der Waals surface area contributed by atoms with Gasteiger partial charge in [-0.3, -0.25) is 24.3 Å². The predicted molar refractivity (Wildman–Crippen MR) is 106 cm³/mol. The number of anilines is 1. The number of halogens is 1.